The van der Waals surface area contributed by atoms with Crippen molar-refractivity contribution in [1.29, 1.82) is 0 Å². The summed E-state index contributed by atoms with van der Waals surface area (Å²) in [5, 5.41) is 1.91. The van der Waals surface area contributed by atoms with Gasteiger partial charge < -0.3 is 14.8 Å². The summed E-state index contributed by atoms with van der Waals surface area (Å²) in [5.41, 5.74) is 3.17. The summed E-state index contributed by atoms with van der Waals surface area (Å²) < 4.78 is 0. The molecule has 1 aromatic heterocycles. The SMILES string of the molecule is O=C(c1ccc(Cl)cc1)N1CCCC(C(=O)N2CCC(c3c[nH]c4ccccc34)CC2)C1. The predicted molar refractivity (Wildman–Crippen MR) is 127 cm³/mol. The minimum absolute atomic E-state index is 0.0165. The number of nitrogens with one attached hydrogen (secondary N) is 1. The van der Waals surface area contributed by atoms with E-state index in [0.29, 0.717) is 29.6 Å². The molecule has 1 atom stereocenters. The molecule has 3 aromatic rings. The number of rotatable bonds is 3. The van der Waals surface area contributed by atoms with Crippen LogP contribution in [0.5, 0.6) is 0 Å². The zero-order valence-corrected chi connectivity index (χ0v) is 18.9. The van der Waals surface area contributed by atoms with Crippen LogP contribution < -0.4 is 0 Å². The normalized spacial score (nSPS) is 20.0. The second-order valence-electron chi connectivity index (χ2n) is 8.99. The predicted octanol–water partition coefficient (Wildman–Crippen LogP) is 5.08. The molecule has 0 spiro atoms. The van der Waals surface area contributed by atoms with E-state index in [0.717, 1.165) is 38.8 Å². The first-order chi connectivity index (χ1) is 15.6. The van der Waals surface area contributed by atoms with E-state index < -0.39 is 0 Å². The molecule has 0 aliphatic carbocycles. The van der Waals surface area contributed by atoms with Gasteiger partial charge in [-0.2, -0.15) is 0 Å². The second-order valence-corrected chi connectivity index (χ2v) is 9.42. The van der Waals surface area contributed by atoms with Gasteiger partial charge in [-0.1, -0.05) is 29.8 Å². The molecule has 2 amide bonds. The molecular weight excluding hydrogens is 422 g/mol. The minimum Gasteiger partial charge on any atom is -0.361 e. The highest BCUT2D eigenvalue weighted by Crippen LogP contribution is 2.34. The lowest BCUT2D eigenvalue weighted by atomic mass is 9.88. The number of H-pyrrole nitrogens is 1. The lowest BCUT2D eigenvalue weighted by molar-refractivity contribution is -0.138. The van der Waals surface area contributed by atoms with Crippen LogP contribution in [0.1, 0.15) is 47.5 Å². The standard InChI is InChI=1S/C26H28ClN3O2/c27-21-9-7-19(8-10-21)25(31)30-13-3-4-20(17-30)26(32)29-14-11-18(12-15-29)23-16-28-24-6-2-1-5-22(23)24/h1-2,5-10,16,18,20,28H,3-4,11-15,17H2. The van der Waals surface area contributed by atoms with Crippen molar-refractivity contribution in [2.75, 3.05) is 26.2 Å². The largest absolute Gasteiger partial charge is 0.361 e. The van der Waals surface area contributed by atoms with Crippen molar-refractivity contribution in [2.24, 2.45) is 5.92 Å². The van der Waals surface area contributed by atoms with E-state index in [1.807, 2.05) is 9.80 Å². The molecule has 2 aliphatic heterocycles. The van der Waals surface area contributed by atoms with Crippen molar-refractivity contribution in [3.63, 3.8) is 0 Å². The Morgan fingerprint density at radius 1 is 0.906 bits per heavy atom. The number of benzene rings is 2. The number of hydrogen-bond donors (Lipinski definition) is 1. The van der Waals surface area contributed by atoms with Crippen molar-refractivity contribution >= 4 is 34.3 Å². The highest BCUT2D eigenvalue weighted by atomic mass is 35.5. The van der Waals surface area contributed by atoms with Crippen LogP contribution in [0.4, 0.5) is 0 Å². The molecule has 3 heterocycles. The van der Waals surface area contributed by atoms with Crippen molar-refractivity contribution in [3.05, 3.63) is 70.9 Å². The number of piperidine rings is 2. The van der Waals surface area contributed by atoms with Crippen molar-refractivity contribution in [1.82, 2.24) is 14.8 Å². The minimum atomic E-state index is -0.107. The smallest absolute Gasteiger partial charge is 0.253 e. The molecule has 0 radical (unpaired) electrons. The monoisotopic (exact) mass is 449 g/mol. The van der Waals surface area contributed by atoms with Crippen LogP contribution in [-0.4, -0.2) is 52.8 Å². The van der Waals surface area contributed by atoms with Crippen LogP contribution in [0.25, 0.3) is 10.9 Å². The summed E-state index contributed by atoms with van der Waals surface area (Å²) >= 11 is 5.95. The van der Waals surface area contributed by atoms with Gasteiger partial charge in [-0.25, -0.2) is 0 Å². The molecule has 5 nitrogen and oxygen atoms in total. The van der Waals surface area contributed by atoms with Gasteiger partial charge in [0.05, 0.1) is 5.92 Å². The number of aromatic nitrogens is 1. The molecule has 1 unspecified atom stereocenters. The maximum atomic E-state index is 13.3. The van der Waals surface area contributed by atoms with Gasteiger partial charge in [0, 0.05) is 53.9 Å². The number of carbonyl (C=O) groups excluding carboxylic acids is 2. The summed E-state index contributed by atoms with van der Waals surface area (Å²) in [6, 6.07) is 15.4. The third kappa shape index (κ3) is 4.14. The molecule has 2 fully saturated rings. The number of carbonyl (C=O) groups is 2. The topological polar surface area (TPSA) is 56.4 Å². The summed E-state index contributed by atoms with van der Waals surface area (Å²) in [6.45, 7) is 2.77. The van der Waals surface area contributed by atoms with Crippen LogP contribution in [-0.2, 0) is 4.79 Å². The lowest BCUT2D eigenvalue weighted by Crippen LogP contribution is -2.48. The van der Waals surface area contributed by atoms with Gasteiger partial charge in [-0.3, -0.25) is 9.59 Å². The van der Waals surface area contributed by atoms with E-state index in [1.165, 1.54) is 16.5 Å². The summed E-state index contributed by atoms with van der Waals surface area (Å²) in [6.07, 6.45) is 5.81. The number of hydrogen-bond acceptors (Lipinski definition) is 2. The Labute approximate surface area is 193 Å². The molecular formula is C26H28ClN3O2. The summed E-state index contributed by atoms with van der Waals surface area (Å²) in [7, 11) is 0. The number of aromatic amines is 1. The van der Waals surface area contributed by atoms with Gasteiger partial charge >= 0.3 is 0 Å². The number of fused-ring (bicyclic) bond motifs is 1. The van der Waals surface area contributed by atoms with Crippen LogP contribution in [0.2, 0.25) is 5.02 Å². The fraction of sp³-hybridized carbons (Fsp3) is 0.385. The number of halogens is 1. The number of amides is 2. The van der Waals surface area contributed by atoms with Crippen molar-refractivity contribution < 1.29 is 9.59 Å². The number of para-hydroxylation sites is 1. The molecule has 1 N–H and O–H groups in total. The quantitative estimate of drug-likeness (QED) is 0.606. The molecule has 166 valence electrons. The Morgan fingerprint density at radius 3 is 2.44 bits per heavy atom. The number of likely N-dealkylation sites (tertiary alicyclic amines) is 2. The van der Waals surface area contributed by atoms with E-state index >= 15 is 0 Å². The van der Waals surface area contributed by atoms with E-state index in [2.05, 4.69) is 35.4 Å². The summed E-state index contributed by atoms with van der Waals surface area (Å²) in [5.74, 6) is 0.558. The second kappa shape index (κ2) is 8.99. The van der Waals surface area contributed by atoms with Crippen LogP contribution in [0.3, 0.4) is 0 Å². The molecule has 0 saturated carbocycles. The van der Waals surface area contributed by atoms with Gasteiger partial charge in [-0.05, 0) is 67.5 Å². The van der Waals surface area contributed by atoms with Crippen molar-refractivity contribution in [3.8, 4) is 0 Å². The highest BCUT2D eigenvalue weighted by molar-refractivity contribution is 6.30. The van der Waals surface area contributed by atoms with Gasteiger partial charge in [-0.15, -0.1) is 0 Å². The Morgan fingerprint density at radius 2 is 1.66 bits per heavy atom. The van der Waals surface area contributed by atoms with E-state index in [-0.39, 0.29) is 17.7 Å². The third-order valence-electron chi connectivity index (χ3n) is 7.02. The molecule has 2 saturated heterocycles. The lowest BCUT2D eigenvalue weighted by Gasteiger charge is -2.38. The average molecular weight is 450 g/mol. The van der Waals surface area contributed by atoms with Crippen molar-refractivity contribution in [2.45, 2.75) is 31.6 Å². The third-order valence-corrected chi connectivity index (χ3v) is 7.27. The van der Waals surface area contributed by atoms with Gasteiger partial charge in [0.2, 0.25) is 5.91 Å². The number of nitrogens with zero attached hydrogens (tertiary/aromatic N) is 2. The van der Waals surface area contributed by atoms with E-state index in [1.54, 1.807) is 24.3 Å². The zero-order chi connectivity index (χ0) is 22.1. The van der Waals surface area contributed by atoms with Crippen LogP contribution in [0.15, 0.2) is 54.7 Å². The first-order valence-corrected chi connectivity index (χ1v) is 11.9. The Hall–Kier alpha value is -2.79. The van der Waals surface area contributed by atoms with Crippen LogP contribution >= 0.6 is 11.6 Å². The van der Waals surface area contributed by atoms with Crippen LogP contribution in [0, 0.1) is 5.92 Å². The molecule has 6 heteroatoms. The average Bonchev–Trinajstić information content (AvgIpc) is 3.28. The Balaban J connectivity index is 1.20. The zero-order valence-electron chi connectivity index (χ0n) is 18.1. The summed E-state index contributed by atoms with van der Waals surface area (Å²) in [4.78, 5) is 33.4. The van der Waals surface area contributed by atoms with E-state index in [9.17, 15) is 9.59 Å². The maximum Gasteiger partial charge on any atom is 0.253 e. The highest BCUT2D eigenvalue weighted by Gasteiger charge is 2.33. The first-order valence-electron chi connectivity index (χ1n) is 11.5. The molecule has 2 aliphatic rings. The maximum absolute atomic E-state index is 13.3. The molecule has 0 bridgehead atoms. The van der Waals surface area contributed by atoms with Gasteiger partial charge in [0.1, 0.15) is 0 Å². The Kier molecular flexibility index (Phi) is 5.92. The first kappa shape index (κ1) is 21.1. The van der Waals surface area contributed by atoms with Gasteiger partial charge in [0.15, 0.2) is 0 Å². The molecule has 2 aromatic carbocycles. The molecule has 32 heavy (non-hydrogen) atoms. The van der Waals surface area contributed by atoms with Gasteiger partial charge in [0.25, 0.3) is 5.91 Å². The molecule has 5 rings (SSSR count). The Bertz CT molecular complexity index is 1120. The van der Waals surface area contributed by atoms with E-state index in [4.69, 9.17) is 11.6 Å². The fourth-order valence-electron chi connectivity index (χ4n) is 5.24. The fourth-order valence-corrected chi connectivity index (χ4v) is 5.37.